The first-order chi connectivity index (χ1) is 12.5. The zero-order valence-electron chi connectivity index (χ0n) is 15.3. The first-order valence-corrected chi connectivity index (χ1v) is 9.35. The Labute approximate surface area is 157 Å². The van der Waals surface area contributed by atoms with E-state index in [2.05, 4.69) is 57.3 Å². The Hall–Kier alpha value is -2.86. The van der Waals surface area contributed by atoms with Crippen LogP contribution in [0.3, 0.4) is 0 Å². The highest BCUT2D eigenvalue weighted by Gasteiger charge is 2.15. The Morgan fingerprint density at radius 1 is 1.04 bits per heavy atom. The van der Waals surface area contributed by atoms with Crippen LogP contribution in [0, 0.1) is 13.8 Å². The quantitative estimate of drug-likeness (QED) is 0.561. The Morgan fingerprint density at radius 3 is 2.54 bits per heavy atom. The fourth-order valence-electron chi connectivity index (χ4n) is 3.03. The van der Waals surface area contributed by atoms with Gasteiger partial charge < -0.3 is 10.2 Å². The molecule has 0 unspecified atom stereocenters. The van der Waals surface area contributed by atoms with Gasteiger partial charge >= 0.3 is 0 Å². The van der Waals surface area contributed by atoms with Gasteiger partial charge in [0, 0.05) is 37.0 Å². The molecule has 0 saturated heterocycles. The maximum absolute atomic E-state index is 4.78. The van der Waals surface area contributed by atoms with E-state index in [1.807, 2.05) is 33.3 Å². The number of hydrogen-bond donors (Lipinski definition) is 1. The number of nitrogens with one attached hydrogen (secondary N) is 1. The number of aromatic nitrogens is 3. The number of imidazole rings is 1. The summed E-state index contributed by atoms with van der Waals surface area (Å²) in [7, 11) is 4.07. The van der Waals surface area contributed by atoms with Gasteiger partial charge in [-0.05, 0) is 49.7 Å². The zero-order valence-corrected chi connectivity index (χ0v) is 16.1. The first-order valence-electron chi connectivity index (χ1n) is 8.47. The summed E-state index contributed by atoms with van der Waals surface area (Å²) in [5, 5.41) is 6.34. The average molecular weight is 363 g/mol. The van der Waals surface area contributed by atoms with Crippen LogP contribution in [-0.2, 0) is 0 Å². The SMILES string of the molecule is Cc1nc2c(C)cccn2c1-c1csc(Nc2ccc(N(C)C)cc2)n1. The van der Waals surface area contributed by atoms with Crippen molar-refractivity contribution in [2.75, 3.05) is 24.3 Å². The van der Waals surface area contributed by atoms with Crippen molar-refractivity contribution in [3.8, 4) is 11.4 Å². The third-order valence-corrected chi connectivity index (χ3v) is 5.16. The molecule has 4 aromatic rings. The molecule has 0 aliphatic rings. The molecule has 0 aliphatic heterocycles. The monoisotopic (exact) mass is 363 g/mol. The highest BCUT2D eigenvalue weighted by molar-refractivity contribution is 7.14. The number of aryl methyl sites for hydroxylation is 2. The lowest BCUT2D eigenvalue weighted by atomic mass is 10.2. The molecular weight excluding hydrogens is 342 g/mol. The predicted octanol–water partition coefficient (Wildman–Crippen LogP) is 4.88. The van der Waals surface area contributed by atoms with Gasteiger partial charge in [-0.3, -0.25) is 4.40 Å². The summed E-state index contributed by atoms with van der Waals surface area (Å²) in [6, 6.07) is 12.4. The summed E-state index contributed by atoms with van der Waals surface area (Å²) in [5.74, 6) is 0. The van der Waals surface area contributed by atoms with Crippen LogP contribution in [0.25, 0.3) is 17.0 Å². The lowest BCUT2D eigenvalue weighted by Crippen LogP contribution is -2.08. The molecule has 132 valence electrons. The lowest BCUT2D eigenvalue weighted by molar-refractivity contribution is 1.13. The van der Waals surface area contributed by atoms with E-state index in [4.69, 9.17) is 9.97 Å². The third kappa shape index (κ3) is 2.93. The number of nitrogens with zero attached hydrogens (tertiary/aromatic N) is 4. The molecule has 0 spiro atoms. The molecule has 0 radical (unpaired) electrons. The summed E-state index contributed by atoms with van der Waals surface area (Å²) in [5.41, 5.74) is 7.34. The molecule has 3 heterocycles. The number of thiazole rings is 1. The molecule has 1 N–H and O–H groups in total. The maximum atomic E-state index is 4.78. The van der Waals surface area contributed by atoms with Crippen LogP contribution in [0.15, 0.2) is 48.0 Å². The van der Waals surface area contributed by atoms with Gasteiger partial charge in [-0.2, -0.15) is 0 Å². The van der Waals surface area contributed by atoms with E-state index < -0.39 is 0 Å². The number of anilines is 3. The standard InChI is InChI=1S/C20H21N5S/c1-13-6-5-11-25-18(14(2)21-19(13)25)17-12-26-20(23-17)22-15-7-9-16(10-8-15)24(3)4/h5-12H,1-4H3,(H,22,23). The van der Waals surface area contributed by atoms with Gasteiger partial charge in [0.05, 0.1) is 11.4 Å². The molecular formula is C20H21N5S. The van der Waals surface area contributed by atoms with Crippen molar-refractivity contribution in [3.63, 3.8) is 0 Å². The van der Waals surface area contributed by atoms with Gasteiger partial charge in [-0.15, -0.1) is 11.3 Å². The summed E-state index contributed by atoms with van der Waals surface area (Å²) in [4.78, 5) is 11.6. The largest absolute Gasteiger partial charge is 0.378 e. The Morgan fingerprint density at radius 2 is 1.81 bits per heavy atom. The van der Waals surface area contributed by atoms with Crippen molar-refractivity contribution in [3.05, 3.63) is 59.2 Å². The van der Waals surface area contributed by atoms with Crippen LogP contribution in [-0.4, -0.2) is 28.5 Å². The molecule has 0 saturated carbocycles. The summed E-state index contributed by atoms with van der Waals surface area (Å²) in [6.07, 6.45) is 2.05. The Kier molecular flexibility index (Phi) is 4.12. The first kappa shape index (κ1) is 16.6. The normalized spacial score (nSPS) is 11.1. The minimum Gasteiger partial charge on any atom is -0.378 e. The summed E-state index contributed by atoms with van der Waals surface area (Å²) in [6.45, 7) is 4.12. The number of hydrogen-bond acceptors (Lipinski definition) is 5. The van der Waals surface area contributed by atoms with Crippen LogP contribution < -0.4 is 10.2 Å². The molecule has 0 fully saturated rings. The van der Waals surface area contributed by atoms with E-state index in [9.17, 15) is 0 Å². The van der Waals surface area contributed by atoms with Gasteiger partial charge in [0.25, 0.3) is 0 Å². The molecule has 5 nitrogen and oxygen atoms in total. The van der Waals surface area contributed by atoms with E-state index in [0.29, 0.717) is 0 Å². The highest BCUT2D eigenvalue weighted by Crippen LogP contribution is 2.30. The highest BCUT2D eigenvalue weighted by atomic mass is 32.1. The second kappa shape index (κ2) is 6.46. The van der Waals surface area contributed by atoms with E-state index in [1.54, 1.807) is 11.3 Å². The fraction of sp³-hybridized carbons (Fsp3) is 0.200. The predicted molar refractivity (Wildman–Crippen MR) is 110 cm³/mol. The zero-order chi connectivity index (χ0) is 18.3. The Bertz CT molecular complexity index is 1060. The molecule has 3 aromatic heterocycles. The van der Waals surface area contributed by atoms with Crippen LogP contribution >= 0.6 is 11.3 Å². The second-order valence-corrected chi connectivity index (χ2v) is 7.39. The topological polar surface area (TPSA) is 45.5 Å². The van der Waals surface area contributed by atoms with Gasteiger partial charge in [0.15, 0.2) is 5.13 Å². The van der Waals surface area contributed by atoms with Gasteiger partial charge in [0.1, 0.15) is 11.3 Å². The molecule has 4 rings (SSSR count). The van der Waals surface area contributed by atoms with Crippen molar-refractivity contribution in [2.45, 2.75) is 13.8 Å². The van der Waals surface area contributed by atoms with Crippen molar-refractivity contribution in [1.29, 1.82) is 0 Å². The molecule has 26 heavy (non-hydrogen) atoms. The van der Waals surface area contributed by atoms with Crippen molar-refractivity contribution in [1.82, 2.24) is 14.4 Å². The lowest BCUT2D eigenvalue weighted by Gasteiger charge is -2.12. The summed E-state index contributed by atoms with van der Waals surface area (Å²) >= 11 is 1.60. The molecule has 0 atom stereocenters. The fourth-order valence-corrected chi connectivity index (χ4v) is 3.75. The molecule has 1 aromatic carbocycles. The Balaban J connectivity index is 1.64. The van der Waals surface area contributed by atoms with Crippen molar-refractivity contribution in [2.24, 2.45) is 0 Å². The van der Waals surface area contributed by atoms with E-state index in [-0.39, 0.29) is 0 Å². The number of pyridine rings is 1. The smallest absolute Gasteiger partial charge is 0.187 e. The second-order valence-electron chi connectivity index (χ2n) is 6.53. The average Bonchev–Trinajstić information content (AvgIpc) is 3.19. The van der Waals surface area contributed by atoms with E-state index in [1.165, 1.54) is 5.69 Å². The van der Waals surface area contributed by atoms with Crippen LogP contribution in [0.1, 0.15) is 11.3 Å². The van der Waals surface area contributed by atoms with Crippen LogP contribution in [0.4, 0.5) is 16.5 Å². The number of rotatable bonds is 4. The van der Waals surface area contributed by atoms with Gasteiger partial charge in [-0.1, -0.05) is 6.07 Å². The third-order valence-electron chi connectivity index (χ3n) is 4.40. The summed E-state index contributed by atoms with van der Waals surface area (Å²) < 4.78 is 2.12. The molecule has 0 aliphatic carbocycles. The van der Waals surface area contributed by atoms with Crippen molar-refractivity contribution < 1.29 is 0 Å². The van der Waals surface area contributed by atoms with Gasteiger partial charge in [-0.25, -0.2) is 9.97 Å². The minimum atomic E-state index is 0.875. The number of benzene rings is 1. The maximum Gasteiger partial charge on any atom is 0.187 e. The van der Waals surface area contributed by atoms with Crippen LogP contribution in [0.2, 0.25) is 0 Å². The van der Waals surface area contributed by atoms with Gasteiger partial charge in [0.2, 0.25) is 0 Å². The molecule has 0 bridgehead atoms. The number of fused-ring (bicyclic) bond motifs is 1. The molecule has 0 amide bonds. The van der Waals surface area contributed by atoms with E-state index in [0.717, 1.165) is 39.1 Å². The van der Waals surface area contributed by atoms with Crippen molar-refractivity contribution >= 4 is 33.5 Å². The minimum absolute atomic E-state index is 0.875. The van der Waals surface area contributed by atoms with E-state index >= 15 is 0 Å². The molecule has 6 heteroatoms. The van der Waals surface area contributed by atoms with Crippen LogP contribution in [0.5, 0.6) is 0 Å².